The Hall–Kier alpha value is -1.81. The lowest BCUT2D eigenvalue weighted by molar-refractivity contribution is -0.224. The van der Waals surface area contributed by atoms with Gasteiger partial charge < -0.3 is 9.74 Å². The second kappa shape index (κ2) is 4.35. The number of fused-ring (bicyclic) bond motifs is 1. The number of nitrogens with zero attached hydrogens (tertiary/aromatic N) is 2. The summed E-state index contributed by atoms with van der Waals surface area (Å²) in [5, 5.41) is 1.87. The molecule has 118 valence electrons. The molecule has 1 saturated heterocycles. The molecule has 2 aliphatic heterocycles. The van der Waals surface area contributed by atoms with Crippen LogP contribution in [0.15, 0.2) is 36.4 Å². The summed E-state index contributed by atoms with van der Waals surface area (Å²) >= 11 is 0. The summed E-state index contributed by atoms with van der Waals surface area (Å²) in [5.74, 6) is 0.816. The maximum Gasteiger partial charge on any atom is 0.251 e. The van der Waals surface area contributed by atoms with Gasteiger partial charge in [-0.15, -0.1) is 0 Å². The van der Waals surface area contributed by atoms with Crippen LogP contribution in [0.5, 0.6) is 0 Å². The molecule has 2 aliphatic rings. The average Bonchev–Trinajstić information content (AvgIpc) is 2.89. The van der Waals surface area contributed by atoms with E-state index < -0.39 is 11.2 Å². The first kappa shape index (κ1) is 15.1. The van der Waals surface area contributed by atoms with E-state index >= 15 is 0 Å². The van der Waals surface area contributed by atoms with Crippen LogP contribution in [0.4, 0.5) is 0 Å². The summed E-state index contributed by atoms with van der Waals surface area (Å²) in [6.07, 6.45) is 1.94. The first-order valence-electron chi connectivity index (χ1n) is 7.67. The van der Waals surface area contributed by atoms with Gasteiger partial charge in [-0.3, -0.25) is 4.79 Å². The monoisotopic (exact) mass is 300 g/mol. The van der Waals surface area contributed by atoms with Gasteiger partial charge >= 0.3 is 0 Å². The van der Waals surface area contributed by atoms with Crippen molar-refractivity contribution in [2.24, 2.45) is 5.41 Å². The van der Waals surface area contributed by atoms with Gasteiger partial charge in [0.05, 0.1) is 0 Å². The summed E-state index contributed by atoms with van der Waals surface area (Å²) in [6, 6.07) is 9.92. The Morgan fingerprint density at radius 1 is 1.09 bits per heavy atom. The van der Waals surface area contributed by atoms with Gasteiger partial charge in [-0.2, -0.15) is 0 Å². The Morgan fingerprint density at radius 2 is 1.68 bits per heavy atom. The fourth-order valence-corrected chi connectivity index (χ4v) is 3.44. The van der Waals surface area contributed by atoms with Crippen LogP contribution in [-0.4, -0.2) is 34.1 Å². The SMILES string of the molecule is CN1C(=O)[C@@]2(C)C=C(c3ccccc3)ON2[C@]1(C)C(C)(C)C. The highest BCUT2D eigenvalue weighted by atomic mass is 16.7. The van der Waals surface area contributed by atoms with Gasteiger partial charge in [0.1, 0.15) is 5.66 Å². The van der Waals surface area contributed by atoms with Crippen LogP contribution in [0, 0.1) is 5.41 Å². The predicted octanol–water partition coefficient (Wildman–Crippen LogP) is 3.27. The number of rotatable bonds is 1. The third-order valence-electron chi connectivity index (χ3n) is 5.29. The molecule has 3 rings (SSSR count). The fraction of sp³-hybridized carbons (Fsp3) is 0.500. The molecule has 2 heterocycles. The molecule has 0 unspecified atom stereocenters. The fourth-order valence-electron chi connectivity index (χ4n) is 3.44. The van der Waals surface area contributed by atoms with Crippen LogP contribution in [0.2, 0.25) is 0 Å². The Labute approximate surface area is 132 Å². The first-order chi connectivity index (χ1) is 10.1. The van der Waals surface area contributed by atoms with E-state index in [9.17, 15) is 4.79 Å². The molecule has 0 bridgehead atoms. The van der Waals surface area contributed by atoms with E-state index in [-0.39, 0.29) is 11.3 Å². The van der Waals surface area contributed by atoms with Gasteiger partial charge in [0.25, 0.3) is 5.91 Å². The highest BCUT2D eigenvalue weighted by Gasteiger charge is 2.67. The van der Waals surface area contributed by atoms with Crippen LogP contribution in [0.3, 0.4) is 0 Å². The summed E-state index contributed by atoms with van der Waals surface area (Å²) in [7, 11) is 1.86. The minimum Gasteiger partial charge on any atom is -0.402 e. The number of hydroxylamine groups is 2. The lowest BCUT2D eigenvalue weighted by atomic mass is 9.81. The van der Waals surface area contributed by atoms with Crippen molar-refractivity contribution in [1.29, 1.82) is 0 Å². The smallest absolute Gasteiger partial charge is 0.251 e. The van der Waals surface area contributed by atoms with Crippen molar-refractivity contribution in [3.05, 3.63) is 42.0 Å². The lowest BCUT2D eigenvalue weighted by Crippen LogP contribution is -2.59. The van der Waals surface area contributed by atoms with Gasteiger partial charge in [0.2, 0.25) is 0 Å². The topological polar surface area (TPSA) is 32.8 Å². The Kier molecular flexibility index (Phi) is 2.99. The molecule has 22 heavy (non-hydrogen) atoms. The van der Waals surface area contributed by atoms with Crippen LogP contribution in [-0.2, 0) is 9.63 Å². The molecule has 0 aromatic heterocycles. The van der Waals surface area contributed by atoms with E-state index in [2.05, 4.69) is 27.7 Å². The molecule has 4 nitrogen and oxygen atoms in total. The maximum absolute atomic E-state index is 12.9. The molecule has 1 aromatic rings. The zero-order valence-electron chi connectivity index (χ0n) is 14.2. The van der Waals surface area contributed by atoms with Crippen molar-refractivity contribution in [3.8, 4) is 0 Å². The molecule has 1 aromatic carbocycles. The molecule has 0 N–H and O–H groups in total. The van der Waals surface area contributed by atoms with E-state index in [1.165, 1.54) is 0 Å². The Balaban J connectivity index is 2.09. The summed E-state index contributed by atoms with van der Waals surface area (Å²) in [5.41, 5.74) is -0.451. The quantitative estimate of drug-likeness (QED) is 0.798. The minimum absolute atomic E-state index is 0.0656. The normalized spacial score (nSPS) is 32.0. The molecule has 0 spiro atoms. The third-order valence-corrected chi connectivity index (χ3v) is 5.29. The second-order valence-electron chi connectivity index (χ2n) is 7.54. The molecule has 0 aliphatic carbocycles. The summed E-state index contributed by atoms with van der Waals surface area (Å²) < 4.78 is 0. The highest BCUT2D eigenvalue weighted by Crippen LogP contribution is 2.52. The van der Waals surface area contributed by atoms with Gasteiger partial charge in [-0.05, 0) is 19.9 Å². The van der Waals surface area contributed by atoms with Crippen molar-refractivity contribution >= 4 is 11.7 Å². The largest absolute Gasteiger partial charge is 0.402 e. The highest BCUT2D eigenvalue weighted by molar-refractivity contribution is 5.93. The number of carbonyl (C=O) groups is 1. The van der Waals surface area contributed by atoms with Crippen LogP contribution in [0.25, 0.3) is 5.76 Å². The van der Waals surface area contributed by atoms with E-state index in [0.717, 1.165) is 11.3 Å². The van der Waals surface area contributed by atoms with Crippen molar-refractivity contribution in [2.45, 2.75) is 45.8 Å². The average molecular weight is 300 g/mol. The van der Waals surface area contributed by atoms with E-state index in [1.807, 2.05) is 60.3 Å². The van der Waals surface area contributed by atoms with Crippen LogP contribution in [0.1, 0.15) is 40.2 Å². The number of hydrogen-bond donors (Lipinski definition) is 0. The predicted molar refractivity (Wildman–Crippen MR) is 86.4 cm³/mol. The number of hydrogen-bond acceptors (Lipinski definition) is 3. The van der Waals surface area contributed by atoms with Crippen molar-refractivity contribution in [2.75, 3.05) is 7.05 Å². The molecule has 0 radical (unpaired) electrons. The van der Waals surface area contributed by atoms with E-state index in [1.54, 1.807) is 0 Å². The number of carbonyl (C=O) groups excluding carboxylic acids is 1. The second-order valence-corrected chi connectivity index (χ2v) is 7.54. The lowest BCUT2D eigenvalue weighted by Gasteiger charge is -2.47. The van der Waals surface area contributed by atoms with Crippen molar-refractivity contribution < 1.29 is 9.63 Å². The first-order valence-corrected chi connectivity index (χ1v) is 7.67. The molecular weight excluding hydrogens is 276 g/mol. The molecule has 0 saturated carbocycles. The molecule has 2 atom stereocenters. The van der Waals surface area contributed by atoms with Gasteiger partial charge in [-0.25, -0.2) is 0 Å². The maximum atomic E-state index is 12.9. The zero-order valence-corrected chi connectivity index (χ0v) is 14.2. The minimum atomic E-state index is -0.762. The van der Waals surface area contributed by atoms with Crippen LogP contribution < -0.4 is 0 Å². The number of amides is 1. The van der Waals surface area contributed by atoms with Crippen molar-refractivity contribution in [3.63, 3.8) is 0 Å². The van der Waals surface area contributed by atoms with Gasteiger partial charge in [0, 0.05) is 18.0 Å². The standard InChI is InChI=1S/C18H24N2O2/c1-16(2,3)18(5)19(6)15(21)17(4)12-14(22-20(17)18)13-10-8-7-9-11-13/h7-12H,1-6H3/t17-,18-/m1/s1. The van der Waals surface area contributed by atoms with Crippen LogP contribution >= 0.6 is 0 Å². The zero-order chi connectivity index (χ0) is 16.3. The van der Waals surface area contributed by atoms with E-state index in [0.29, 0.717) is 0 Å². The number of benzene rings is 1. The summed E-state index contributed by atoms with van der Waals surface area (Å²) in [4.78, 5) is 20.9. The Bertz CT molecular complexity index is 647. The third kappa shape index (κ3) is 1.70. The molecule has 1 amide bonds. The molecular formula is C18H24N2O2. The number of likely N-dealkylation sites (N-methyl/N-ethyl adjacent to an activating group) is 1. The van der Waals surface area contributed by atoms with Crippen molar-refractivity contribution in [1.82, 2.24) is 9.96 Å². The molecule has 4 heteroatoms. The summed E-state index contributed by atoms with van der Waals surface area (Å²) in [6.45, 7) is 10.4. The molecule has 1 fully saturated rings. The van der Waals surface area contributed by atoms with Gasteiger partial charge in [0.15, 0.2) is 11.3 Å². The van der Waals surface area contributed by atoms with Gasteiger partial charge in [-0.1, -0.05) is 56.2 Å². The Morgan fingerprint density at radius 3 is 2.23 bits per heavy atom. The van der Waals surface area contributed by atoms with E-state index in [4.69, 9.17) is 4.84 Å².